The molecule has 126 valence electrons. The SMILES string of the molecule is Cc1ccc(C2CCC(OC(=O)C3CCC(C)CC3)CC2)cc1. The molecule has 2 aliphatic rings. The van der Waals surface area contributed by atoms with Gasteiger partial charge in [0, 0.05) is 0 Å². The molecule has 23 heavy (non-hydrogen) atoms. The minimum absolute atomic E-state index is 0.0793. The van der Waals surface area contributed by atoms with Gasteiger partial charge in [-0.15, -0.1) is 0 Å². The Kier molecular flexibility index (Phi) is 5.40. The quantitative estimate of drug-likeness (QED) is 0.699. The highest BCUT2D eigenvalue weighted by molar-refractivity contribution is 5.72. The highest BCUT2D eigenvalue weighted by Gasteiger charge is 2.30. The summed E-state index contributed by atoms with van der Waals surface area (Å²) in [7, 11) is 0. The molecule has 0 spiro atoms. The van der Waals surface area contributed by atoms with Crippen LogP contribution in [0.25, 0.3) is 0 Å². The number of esters is 1. The molecule has 3 rings (SSSR count). The molecule has 2 heteroatoms. The van der Waals surface area contributed by atoms with Crippen molar-refractivity contribution in [2.45, 2.75) is 77.2 Å². The molecule has 1 aromatic rings. The summed E-state index contributed by atoms with van der Waals surface area (Å²) in [6.07, 6.45) is 8.90. The third kappa shape index (κ3) is 4.37. The molecule has 0 unspecified atom stereocenters. The largest absolute Gasteiger partial charge is 0.462 e. The van der Waals surface area contributed by atoms with Crippen LogP contribution in [0.2, 0.25) is 0 Å². The fourth-order valence-electron chi connectivity index (χ4n) is 4.11. The molecular weight excluding hydrogens is 284 g/mol. The van der Waals surface area contributed by atoms with Crippen molar-refractivity contribution in [2.75, 3.05) is 0 Å². The van der Waals surface area contributed by atoms with E-state index in [4.69, 9.17) is 4.74 Å². The molecule has 2 saturated carbocycles. The van der Waals surface area contributed by atoms with Gasteiger partial charge in [0.25, 0.3) is 0 Å². The molecular formula is C21H30O2. The van der Waals surface area contributed by atoms with E-state index in [1.54, 1.807) is 0 Å². The fourth-order valence-corrected chi connectivity index (χ4v) is 4.11. The van der Waals surface area contributed by atoms with E-state index in [0.717, 1.165) is 44.4 Å². The van der Waals surface area contributed by atoms with Gasteiger partial charge in [-0.25, -0.2) is 0 Å². The number of rotatable bonds is 3. The minimum atomic E-state index is 0.0793. The van der Waals surface area contributed by atoms with Gasteiger partial charge in [0.1, 0.15) is 6.10 Å². The third-order valence-corrected chi connectivity index (χ3v) is 5.85. The standard InChI is InChI=1S/C21H30O2/c1-15-3-7-17(8-4-15)18-11-13-20(14-12-18)23-21(22)19-9-5-16(2)6-10-19/h3-4,7-8,16,18-20H,5-6,9-14H2,1-2H3. The van der Waals surface area contributed by atoms with Crippen molar-refractivity contribution in [2.24, 2.45) is 11.8 Å². The lowest BCUT2D eigenvalue weighted by atomic mass is 9.82. The Hall–Kier alpha value is -1.31. The molecule has 2 nitrogen and oxygen atoms in total. The van der Waals surface area contributed by atoms with Gasteiger partial charge in [-0.1, -0.05) is 36.8 Å². The number of carbonyl (C=O) groups excluding carboxylic acids is 1. The Morgan fingerprint density at radius 2 is 1.52 bits per heavy atom. The van der Waals surface area contributed by atoms with Crippen LogP contribution < -0.4 is 0 Å². The van der Waals surface area contributed by atoms with Gasteiger partial charge in [-0.05, 0) is 75.7 Å². The number of benzene rings is 1. The maximum atomic E-state index is 12.3. The molecule has 0 amide bonds. The maximum absolute atomic E-state index is 12.3. The second kappa shape index (κ2) is 7.51. The van der Waals surface area contributed by atoms with Crippen molar-refractivity contribution >= 4 is 5.97 Å². The van der Waals surface area contributed by atoms with Gasteiger partial charge in [0.2, 0.25) is 0 Å². The van der Waals surface area contributed by atoms with Crippen LogP contribution in [0.4, 0.5) is 0 Å². The highest BCUT2D eigenvalue weighted by atomic mass is 16.5. The first-order valence-corrected chi connectivity index (χ1v) is 9.39. The van der Waals surface area contributed by atoms with E-state index in [9.17, 15) is 4.79 Å². The summed E-state index contributed by atoms with van der Waals surface area (Å²) in [5.41, 5.74) is 2.76. The lowest BCUT2D eigenvalue weighted by Crippen LogP contribution is -2.29. The average Bonchev–Trinajstić information content (AvgIpc) is 2.57. The van der Waals surface area contributed by atoms with Gasteiger partial charge in [-0.3, -0.25) is 4.79 Å². The van der Waals surface area contributed by atoms with E-state index < -0.39 is 0 Å². The summed E-state index contributed by atoms with van der Waals surface area (Å²) in [6.45, 7) is 4.42. The number of hydrogen-bond acceptors (Lipinski definition) is 2. The number of carbonyl (C=O) groups is 1. The number of aryl methyl sites for hydroxylation is 1. The Morgan fingerprint density at radius 1 is 0.913 bits per heavy atom. The summed E-state index contributed by atoms with van der Waals surface area (Å²) in [5, 5.41) is 0. The second-order valence-electron chi connectivity index (χ2n) is 7.78. The zero-order valence-corrected chi connectivity index (χ0v) is 14.6. The predicted octanol–water partition coefficient (Wildman–Crippen LogP) is 5.39. The summed E-state index contributed by atoms with van der Waals surface area (Å²) < 4.78 is 5.83. The molecule has 0 bridgehead atoms. The smallest absolute Gasteiger partial charge is 0.309 e. The van der Waals surface area contributed by atoms with E-state index in [-0.39, 0.29) is 18.0 Å². The van der Waals surface area contributed by atoms with Crippen LogP contribution in [0, 0.1) is 18.8 Å². The molecule has 0 aromatic heterocycles. The van der Waals surface area contributed by atoms with Crippen molar-refractivity contribution in [3.63, 3.8) is 0 Å². The summed E-state index contributed by atoms with van der Waals surface area (Å²) in [6, 6.07) is 8.92. The molecule has 2 fully saturated rings. The van der Waals surface area contributed by atoms with Gasteiger partial charge in [0.15, 0.2) is 0 Å². The summed E-state index contributed by atoms with van der Waals surface area (Å²) in [5.74, 6) is 1.67. The van der Waals surface area contributed by atoms with Crippen molar-refractivity contribution in [1.82, 2.24) is 0 Å². The maximum Gasteiger partial charge on any atom is 0.309 e. The Bertz CT molecular complexity index is 503. The zero-order chi connectivity index (χ0) is 16.2. The van der Waals surface area contributed by atoms with Crippen LogP contribution in [0.1, 0.15) is 75.3 Å². The predicted molar refractivity (Wildman–Crippen MR) is 93.4 cm³/mol. The van der Waals surface area contributed by atoms with Crippen LogP contribution >= 0.6 is 0 Å². The monoisotopic (exact) mass is 314 g/mol. The van der Waals surface area contributed by atoms with Gasteiger partial charge < -0.3 is 4.74 Å². The van der Waals surface area contributed by atoms with E-state index in [0.29, 0.717) is 5.92 Å². The van der Waals surface area contributed by atoms with Crippen LogP contribution in [0.3, 0.4) is 0 Å². The zero-order valence-electron chi connectivity index (χ0n) is 14.6. The lowest BCUT2D eigenvalue weighted by molar-refractivity contribution is -0.157. The Morgan fingerprint density at radius 3 is 2.13 bits per heavy atom. The lowest BCUT2D eigenvalue weighted by Gasteiger charge is -2.31. The van der Waals surface area contributed by atoms with Crippen molar-refractivity contribution in [1.29, 1.82) is 0 Å². The van der Waals surface area contributed by atoms with Crippen molar-refractivity contribution < 1.29 is 9.53 Å². The number of hydrogen-bond donors (Lipinski definition) is 0. The van der Waals surface area contributed by atoms with Crippen molar-refractivity contribution in [3.05, 3.63) is 35.4 Å². The molecule has 0 aliphatic heterocycles. The molecule has 0 N–H and O–H groups in total. The van der Waals surface area contributed by atoms with Gasteiger partial charge >= 0.3 is 5.97 Å². The molecule has 0 radical (unpaired) electrons. The van der Waals surface area contributed by atoms with Crippen LogP contribution in [-0.4, -0.2) is 12.1 Å². The first kappa shape index (κ1) is 16.5. The van der Waals surface area contributed by atoms with Gasteiger partial charge in [0.05, 0.1) is 5.92 Å². The summed E-state index contributed by atoms with van der Waals surface area (Å²) in [4.78, 5) is 12.3. The molecule has 1 aromatic carbocycles. The minimum Gasteiger partial charge on any atom is -0.462 e. The highest BCUT2D eigenvalue weighted by Crippen LogP contribution is 2.35. The van der Waals surface area contributed by atoms with Crippen LogP contribution in [0.15, 0.2) is 24.3 Å². The molecule has 0 heterocycles. The van der Waals surface area contributed by atoms with Crippen LogP contribution in [0.5, 0.6) is 0 Å². The molecule has 2 aliphatic carbocycles. The van der Waals surface area contributed by atoms with E-state index >= 15 is 0 Å². The second-order valence-corrected chi connectivity index (χ2v) is 7.78. The van der Waals surface area contributed by atoms with Crippen molar-refractivity contribution in [3.8, 4) is 0 Å². The molecule has 0 atom stereocenters. The van der Waals surface area contributed by atoms with E-state index in [1.807, 2.05) is 0 Å². The summed E-state index contributed by atoms with van der Waals surface area (Å²) >= 11 is 0. The van der Waals surface area contributed by atoms with Gasteiger partial charge in [-0.2, -0.15) is 0 Å². The molecule has 0 saturated heterocycles. The van der Waals surface area contributed by atoms with E-state index in [1.165, 1.54) is 24.0 Å². The Labute approximate surface area is 140 Å². The first-order chi connectivity index (χ1) is 11.1. The Balaban J connectivity index is 1.45. The van der Waals surface area contributed by atoms with Crippen LogP contribution in [-0.2, 0) is 9.53 Å². The fraction of sp³-hybridized carbons (Fsp3) is 0.667. The van der Waals surface area contributed by atoms with E-state index in [2.05, 4.69) is 38.1 Å². The third-order valence-electron chi connectivity index (χ3n) is 5.85. The normalized spacial score (nSPS) is 31.6. The topological polar surface area (TPSA) is 26.3 Å². The number of ether oxygens (including phenoxy) is 1. The average molecular weight is 314 g/mol. The first-order valence-electron chi connectivity index (χ1n) is 9.39.